The molecule has 2 aromatic carbocycles. The van der Waals surface area contributed by atoms with Crippen LogP contribution in [0.2, 0.25) is 5.02 Å². The molecule has 0 aliphatic rings. The fraction of sp³-hybridized carbons (Fsp3) is 0.200. The number of carbonyl (C=O) groups is 3. The topological polar surface area (TPSA) is 93.7 Å². The van der Waals surface area contributed by atoms with Crippen LogP contribution >= 0.6 is 23.8 Å². The first-order valence-electron chi connectivity index (χ1n) is 8.71. The standard InChI is InChI=1S/C20H19ClN2O5S/c1-3-27-18(25)13-8-14(19(26)28-4-2)11-16(10-13)22-20(29)23-17(24)12-6-5-7-15(21)9-12/h5-11H,3-4H2,1-2H3,(H2,22,23,24,29). The van der Waals surface area contributed by atoms with Gasteiger partial charge in [-0.25, -0.2) is 9.59 Å². The van der Waals surface area contributed by atoms with E-state index in [0.717, 1.165) is 0 Å². The lowest BCUT2D eigenvalue weighted by Crippen LogP contribution is -2.34. The van der Waals surface area contributed by atoms with Gasteiger partial charge < -0.3 is 14.8 Å². The summed E-state index contributed by atoms with van der Waals surface area (Å²) in [5.41, 5.74) is 0.928. The summed E-state index contributed by atoms with van der Waals surface area (Å²) in [6.07, 6.45) is 0. The number of hydrogen-bond donors (Lipinski definition) is 2. The lowest BCUT2D eigenvalue weighted by atomic mass is 10.1. The molecule has 7 nitrogen and oxygen atoms in total. The number of nitrogens with one attached hydrogen (secondary N) is 2. The predicted molar refractivity (Wildman–Crippen MR) is 113 cm³/mol. The average Bonchev–Trinajstić information content (AvgIpc) is 2.68. The summed E-state index contributed by atoms with van der Waals surface area (Å²) >= 11 is 11.0. The number of carbonyl (C=O) groups excluding carboxylic acids is 3. The maximum absolute atomic E-state index is 12.3. The number of hydrogen-bond acceptors (Lipinski definition) is 6. The molecule has 2 aromatic rings. The molecular weight excluding hydrogens is 416 g/mol. The first kappa shape index (κ1) is 22.3. The second-order valence-electron chi connectivity index (χ2n) is 5.66. The van der Waals surface area contributed by atoms with Gasteiger partial charge >= 0.3 is 11.9 Å². The van der Waals surface area contributed by atoms with Gasteiger partial charge in [-0.15, -0.1) is 0 Å². The minimum absolute atomic E-state index is 0.0224. The Morgan fingerprint density at radius 1 is 0.931 bits per heavy atom. The first-order valence-corrected chi connectivity index (χ1v) is 9.49. The van der Waals surface area contributed by atoms with E-state index >= 15 is 0 Å². The summed E-state index contributed by atoms with van der Waals surface area (Å²) in [4.78, 5) is 36.5. The van der Waals surface area contributed by atoms with Gasteiger partial charge in [-0.05, 0) is 62.5 Å². The Labute approximate surface area is 178 Å². The van der Waals surface area contributed by atoms with E-state index in [9.17, 15) is 14.4 Å². The molecule has 29 heavy (non-hydrogen) atoms. The highest BCUT2D eigenvalue weighted by Crippen LogP contribution is 2.18. The number of ether oxygens (including phenoxy) is 2. The summed E-state index contributed by atoms with van der Waals surface area (Å²) in [5, 5.41) is 5.69. The van der Waals surface area contributed by atoms with Crippen molar-refractivity contribution >= 4 is 52.5 Å². The van der Waals surface area contributed by atoms with Crippen molar-refractivity contribution in [2.75, 3.05) is 18.5 Å². The van der Waals surface area contributed by atoms with Crippen LogP contribution in [0.3, 0.4) is 0 Å². The average molecular weight is 435 g/mol. The molecule has 2 rings (SSSR count). The van der Waals surface area contributed by atoms with Crippen LogP contribution in [0.1, 0.15) is 44.9 Å². The predicted octanol–water partition coefficient (Wildman–Crippen LogP) is 3.82. The van der Waals surface area contributed by atoms with Crippen molar-refractivity contribution in [3.05, 3.63) is 64.2 Å². The minimum Gasteiger partial charge on any atom is -0.462 e. The number of thiocarbonyl (C=S) groups is 1. The number of benzene rings is 2. The van der Waals surface area contributed by atoms with Crippen LogP contribution in [-0.2, 0) is 9.47 Å². The van der Waals surface area contributed by atoms with E-state index < -0.39 is 17.8 Å². The van der Waals surface area contributed by atoms with Crippen molar-refractivity contribution in [2.45, 2.75) is 13.8 Å². The van der Waals surface area contributed by atoms with E-state index in [2.05, 4.69) is 10.6 Å². The molecule has 152 valence electrons. The Hall–Kier alpha value is -2.97. The van der Waals surface area contributed by atoms with Crippen molar-refractivity contribution < 1.29 is 23.9 Å². The molecule has 0 aromatic heterocycles. The molecule has 0 spiro atoms. The minimum atomic E-state index is -0.601. The van der Waals surface area contributed by atoms with Crippen LogP contribution in [-0.4, -0.2) is 36.2 Å². The summed E-state index contributed by atoms with van der Waals surface area (Å²) in [5.74, 6) is -1.66. The van der Waals surface area contributed by atoms with Crippen molar-refractivity contribution in [3.8, 4) is 0 Å². The summed E-state index contributed by atoms with van der Waals surface area (Å²) in [6, 6.07) is 10.7. The Bertz CT molecular complexity index is 912. The lowest BCUT2D eigenvalue weighted by molar-refractivity contribution is 0.0525. The summed E-state index contributed by atoms with van der Waals surface area (Å²) in [7, 11) is 0. The quantitative estimate of drug-likeness (QED) is 0.527. The Morgan fingerprint density at radius 2 is 1.52 bits per heavy atom. The van der Waals surface area contributed by atoms with Gasteiger partial charge in [-0.1, -0.05) is 17.7 Å². The molecule has 9 heteroatoms. The maximum atomic E-state index is 12.3. The van der Waals surface area contributed by atoms with Crippen LogP contribution in [0.15, 0.2) is 42.5 Å². The van der Waals surface area contributed by atoms with E-state index in [4.69, 9.17) is 33.3 Å². The van der Waals surface area contributed by atoms with E-state index in [-0.39, 0.29) is 29.5 Å². The zero-order valence-corrected chi connectivity index (χ0v) is 17.4. The molecule has 0 radical (unpaired) electrons. The van der Waals surface area contributed by atoms with Crippen LogP contribution in [0.5, 0.6) is 0 Å². The smallest absolute Gasteiger partial charge is 0.338 e. The number of rotatable bonds is 6. The second-order valence-corrected chi connectivity index (χ2v) is 6.50. The highest BCUT2D eigenvalue weighted by Gasteiger charge is 2.16. The Morgan fingerprint density at radius 3 is 2.03 bits per heavy atom. The maximum Gasteiger partial charge on any atom is 0.338 e. The van der Waals surface area contributed by atoms with E-state index in [1.807, 2.05) is 0 Å². The first-order chi connectivity index (χ1) is 13.8. The fourth-order valence-corrected chi connectivity index (χ4v) is 2.73. The van der Waals surface area contributed by atoms with Crippen molar-refractivity contribution in [1.29, 1.82) is 0 Å². The van der Waals surface area contributed by atoms with E-state index in [0.29, 0.717) is 16.3 Å². The van der Waals surface area contributed by atoms with Crippen LogP contribution in [0.25, 0.3) is 0 Å². The number of amides is 1. The van der Waals surface area contributed by atoms with Crippen LogP contribution in [0.4, 0.5) is 5.69 Å². The zero-order valence-electron chi connectivity index (χ0n) is 15.8. The Balaban J connectivity index is 2.21. The molecular formula is C20H19ClN2O5S. The van der Waals surface area contributed by atoms with Gasteiger partial charge in [0.2, 0.25) is 0 Å². The largest absolute Gasteiger partial charge is 0.462 e. The van der Waals surface area contributed by atoms with Gasteiger partial charge in [0.1, 0.15) is 0 Å². The molecule has 0 bridgehead atoms. The van der Waals surface area contributed by atoms with Crippen LogP contribution in [0, 0.1) is 0 Å². The normalized spacial score (nSPS) is 10.0. The molecule has 0 saturated carbocycles. The molecule has 2 N–H and O–H groups in total. The third-order valence-corrected chi connectivity index (χ3v) is 3.97. The van der Waals surface area contributed by atoms with Crippen molar-refractivity contribution in [2.24, 2.45) is 0 Å². The molecule has 0 saturated heterocycles. The van der Waals surface area contributed by atoms with Crippen LogP contribution < -0.4 is 10.6 Å². The van der Waals surface area contributed by atoms with Gasteiger partial charge in [-0.3, -0.25) is 10.1 Å². The van der Waals surface area contributed by atoms with Crippen molar-refractivity contribution in [1.82, 2.24) is 5.32 Å². The lowest BCUT2D eigenvalue weighted by Gasteiger charge is -2.12. The third kappa shape index (κ3) is 6.55. The van der Waals surface area contributed by atoms with Gasteiger partial charge in [0.05, 0.1) is 24.3 Å². The highest BCUT2D eigenvalue weighted by atomic mass is 35.5. The molecule has 0 aliphatic carbocycles. The highest BCUT2D eigenvalue weighted by molar-refractivity contribution is 7.80. The molecule has 0 heterocycles. The molecule has 0 unspecified atom stereocenters. The molecule has 1 amide bonds. The number of anilines is 1. The van der Waals surface area contributed by atoms with Crippen molar-refractivity contribution in [3.63, 3.8) is 0 Å². The number of halogens is 1. The second kappa shape index (κ2) is 10.5. The zero-order chi connectivity index (χ0) is 21.4. The summed E-state index contributed by atoms with van der Waals surface area (Å²) < 4.78 is 9.96. The molecule has 0 aliphatic heterocycles. The van der Waals surface area contributed by atoms with Gasteiger partial charge in [-0.2, -0.15) is 0 Å². The van der Waals surface area contributed by atoms with E-state index in [1.165, 1.54) is 24.3 Å². The SMILES string of the molecule is CCOC(=O)c1cc(NC(=S)NC(=O)c2cccc(Cl)c2)cc(C(=O)OCC)c1. The van der Waals surface area contributed by atoms with Gasteiger partial charge in [0.15, 0.2) is 5.11 Å². The summed E-state index contributed by atoms with van der Waals surface area (Å²) in [6.45, 7) is 3.71. The fourth-order valence-electron chi connectivity index (χ4n) is 2.33. The third-order valence-electron chi connectivity index (χ3n) is 3.53. The van der Waals surface area contributed by atoms with E-state index in [1.54, 1.807) is 32.0 Å². The molecule has 0 fully saturated rings. The molecule has 0 atom stereocenters. The monoisotopic (exact) mass is 434 g/mol. The van der Waals surface area contributed by atoms with Gasteiger partial charge in [0.25, 0.3) is 5.91 Å². The van der Waals surface area contributed by atoms with Gasteiger partial charge in [0, 0.05) is 16.3 Å². The number of esters is 2. The Kier molecular flexibility index (Phi) is 8.11.